The number of halogens is 1. The minimum atomic E-state index is -0.951. The number of amides is 2. The van der Waals surface area contributed by atoms with Crippen molar-refractivity contribution >= 4 is 11.8 Å². The molecule has 0 radical (unpaired) electrons. The molecule has 1 aliphatic rings. The molecule has 0 aliphatic carbocycles. The molecule has 1 aromatic heterocycles. The number of carbonyl (C=O) groups excluding carboxylic acids is 2. The van der Waals surface area contributed by atoms with Crippen LogP contribution in [0.25, 0.3) is 11.4 Å². The van der Waals surface area contributed by atoms with E-state index in [0.717, 1.165) is 25.9 Å². The molecule has 3 rings (SSSR count). The molecule has 2 heterocycles. The number of hydrogen-bond acceptors (Lipinski definition) is 5. The molecule has 2 aromatic rings. The summed E-state index contributed by atoms with van der Waals surface area (Å²) in [7, 11) is 0. The average Bonchev–Trinajstić information content (AvgIpc) is 3.33. The number of nitrogens with zero attached hydrogens (tertiary/aromatic N) is 3. The topological polar surface area (TPSA) is 88.3 Å². The van der Waals surface area contributed by atoms with E-state index in [0.29, 0.717) is 22.8 Å². The van der Waals surface area contributed by atoms with Gasteiger partial charge in [0.2, 0.25) is 23.5 Å². The Morgan fingerprint density at radius 3 is 2.68 bits per heavy atom. The van der Waals surface area contributed by atoms with Crippen molar-refractivity contribution in [2.24, 2.45) is 0 Å². The maximum atomic E-state index is 13.4. The lowest BCUT2D eigenvalue weighted by Gasteiger charge is -2.30. The molecular formula is C20H25FN4O3. The number of carbonyl (C=O) groups is 2. The summed E-state index contributed by atoms with van der Waals surface area (Å²) in [5.41, 5.74) is 0.191. The Bertz CT molecular complexity index is 872. The Hall–Kier alpha value is -2.77. The van der Waals surface area contributed by atoms with Crippen LogP contribution in [0.15, 0.2) is 22.7 Å². The fourth-order valence-corrected chi connectivity index (χ4v) is 3.26. The van der Waals surface area contributed by atoms with Gasteiger partial charge in [0.25, 0.3) is 0 Å². The molecule has 1 N–H and O–H groups in total. The van der Waals surface area contributed by atoms with Crippen molar-refractivity contribution < 1.29 is 18.5 Å². The van der Waals surface area contributed by atoms with E-state index in [2.05, 4.69) is 15.5 Å². The predicted octanol–water partition coefficient (Wildman–Crippen LogP) is 2.63. The molecule has 150 valence electrons. The fraction of sp³-hybridized carbons (Fsp3) is 0.500. The standard InChI is InChI=1S/C20H25FN4O3/c1-13-12-14(6-7-15(13)21)18-22-17(28-24-18)9-8-16(26)23-20(2,3)19(27)25-10-4-5-11-25/h6-7,12H,4-5,8-11H2,1-3H3,(H,23,26). The van der Waals surface area contributed by atoms with E-state index < -0.39 is 5.54 Å². The fourth-order valence-electron chi connectivity index (χ4n) is 3.26. The van der Waals surface area contributed by atoms with Gasteiger partial charge in [-0.1, -0.05) is 5.16 Å². The Morgan fingerprint density at radius 1 is 1.29 bits per heavy atom. The molecule has 28 heavy (non-hydrogen) atoms. The lowest BCUT2D eigenvalue weighted by molar-refractivity contribution is -0.139. The molecule has 2 amide bonds. The van der Waals surface area contributed by atoms with Crippen LogP contribution in [0.1, 0.15) is 44.6 Å². The van der Waals surface area contributed by atoms with Gasteiger partial charge in [0.15, 0.2) is 0 Å². The van der Waals surface area contributed by atoms with Gasteiger partial charge in [0, 0.05) is 31.5 Å². The lowest BCUT2D eigenvalue weighted by atomic mass is 10.0. The second-order valence-electron chi connectivity index (χ2n) is 7.65. The van der Waals surface area contributed by atoms with E-state index in [9.17, 15) is 14.0 Å². The zero-order chi connectivity index (χ0) is 20.3. The van der Waals surface area contributed by atoms with Gasteiger partial charge >= 0.3 is 0 Å². The monoisotopic (exact) mass is 388 g/mol. The van der Waals surface area contributed by atoms with Gasteiger partial charge in [-0.15, -0.1) is 0 Å². The molecule has 8 heteroatoms. The van der Waals surface area contributed by atoms with Crippen LogP contribution in [0.5, 0.6) is 0 Å². The van der Waals surface area contributed by atoms with E-state index in [4.69, 9.17) is 4.52 Å². The van der Waals surface area contributed by atoms with E-state index >= 15 is 0 Å². The van der Waals surface area contributed by atoms with Crippen molar-refractivity contribution in [1.82, 2.24) is 20.4 Å². The minimum absolute atomic E-state index is 0.0647. The first-order chi connectivity index (χ1) is 13.3. The largest absolute Gasteiger partial charge is 0.342 e. The van der Waals surface area contributed by atoms with Crippen LogP contribution >= 0.6 is 0 Å². The number of likely N-dealkylation sites (tertiary alicyclic amines) is 1. The first-order valence-corrected chi connectivity index (χ1v) is 9.46. The van der Waals surface area contributed by atoms with E-state index in [1.165, 1.54) is 6.07 Å². The molecule has 1 aliphatic heterocycles. The van der Waals surface area contributed by atoms with E-state index in [-0.39, 0.29) is 30.5 Å². The Kier molecular flexibility index (Phi) is 5.76. The Labute approximate surface area is 163 Å². The van der Waals surface area contributed by atoms with Crippen LogP contribution in [0.2, 0.25) is 0 Å². The van der Waals surface area contributed by atoms with Crippen molar-refractivity contribution in [3.8, 4) is 11.4 Å². The zero-order valence-electron chi connectivity index (χ0n) is 16.4. The number of aromatic nitrogens is 2. The predicted molar refractivity (Wildman–Crippen MR) is 101 cm³/mol. The van der Waals surface area contributed by atoms with Crippen LogP contribution in [-0.4, -0.2) is 45.5 Å². The lowest BCUT2D eigenvalue weighted by Crippen LogP contribution is -2.55. The van der Waals surface area contributed by atoms with Gasteiger partial charge < -0.3 is 14.7 Å². The molecule has 0 unspecified atom stereocenters. The first-order valence-electron chi connectivity index (χ1n) is 9.46. The first kappa shape index (κ1) is 20.0. The zero-order valence-corrected chi connectivity index (χ0v) is 16.4. The normalized spacial score (nSPS) is 14.4. The summed E-state index contributed by atoms with van der Waals surface area (Å²) in [6.07, 6.45) is 2.39. The van der Waals surface area contributed by atoms with Gasteiger partial charge in [-0.05, 0) is 57.4 Å². The quantitative estimate of drug-likeness (QED) is 0.822. The molecule has 1 saturated heterocycles. The van der Waals surface area contributed by atoms with Crippen molar-refractivity contribution in [3.63, 3.8) is 0 Å². The third kappa shape index (κ3) is 4.55. The minimum Gasteiger partial charge on any atom is -0.342 e. The average molecular weight is 388 g/mol. The number of nitrogens with one attached hydrogen (secondary N) is 1. The van der Waals surface area contributed by atoms with Gasteiger partial charge in [0.05, 0.1) is 0 Å². The molecule has 0 bridgehead atoms. The highest BCUT2D eigenvalue weighted by atomic mass is 19.1. The molecule has 0 atom stereocenters. The highest BCUT2D eigenvalue weighted by Gasteiger charge is 2.34. The van der Waals surface area contributed by atoms with Crippen LogP contribution in [0.3, 0.4) is 0 Å². The summed E-state index contributed by atoms with van der Waals surface area (Å²) in [5.74, 6) is 0.0501. The van der Waals surface area contributed by atoms with Gasteiger partial charge in [-0.2, -0.15) is 4.98 Å². The summed E-state index contributed by atoms with van der Waals surface area (Å²) in [6.45, 7) is 6.58. The highest BCUT2D eigenvalue weighted by molar-refractivity contribution is 5.90. The Morgan fingerprint density at radius 2 is 2.00 bits per heavy atom. The van der Waals surface area contributed by atoms with Crippen molar-refractivity contribution in [3.05, 3.63) is 35.5 Å². The summed E-state index contributed by atoms with van der Waals surface area (Å²) in [5, 5.41) is 6.68. The van der Waals surface area contributed by atoms with Gasteiger partial charge in [0.1, 0.15) is 11.4 Å². The van der Waals surface area contributed by atoms with Gasteiger partial charge in [-0.3, -0.25) is 9.59 Å². The maximum absolute atomic E-state index is 13.4. The maximum Gasteiger partial charge on any atom is 0.247 e. The molecule has 0 saturated carbocycles. The molecule has 0 spiro atoms. The number of rotatable bonds is 6. The highest BCUT2D eigenvalue weighted by Crippen LogP contribution is 2.20. The van der Waals surface area contributed by atoms with Crippen molar-refractivity contribution in [2.45, 2.75) is 52.0 Å². The molecule has 7 nitrogen and oxygen atoms in total. The van der Waals surface area contributed by atoms with E-state index in [1.54, 1.807) is 37.8 Å². The third-order valence-corrected chi connectivity index (χ3v) is 4.83. The van der Waals surface area contributed by atoms with Crippen molar-refractivity contribution in [2.75, 3.05) is 13.1 Å². The second kappa shape index (κ2) is 8.08. The second-order valence-corrected chi connectivity index (χ2v) is 7.65. The summed E-state index contributed by atoms with van der Waals surface area (Å²) >= 11 is 0. The molecular weight excluding hydrogens is 363 g/mol. The van der Waals surface area contributed by atoms with Crippen LogP contribution in [0, 0.1) is 12.7 Å². The van der Waals surface area contributed by atoms with Crippen LogP contribution in [0.4, 0.5) is 4.39 Å². The third-order valence-electron chi connectivity index (χ3n) is 4.83. The summed E-state index contributed by atoms with van der Waals surface area (Å²) in [6, 6.07) is 4.58. The molecule has 1 aromatic carbocycles. The smallest absolute Gasteiger partial charge is 0.247 e. The summed E-state index contributed by atoms with van der Waals surface area (Å²) in [4.78, 5) is 30.9. The molecule has 1 fully saturated rings. The SMILES string of the molecule is Cc1cc(-c2noc(CCC(=O)NC(C)(C)C(=O)N3CCCC3)n2)ccc1F. The van der Waals surface area contributed by atoms with Gasteiger partial charge in [-0.25, -0.2) is 4.39 Å². The number of hydrogen-bond donors (Lipinski definition) is 1. The Balaban J connectivity index is 1.55. The summed E-state index contributed by atoms with van der Waals surface area (Å²) < 4.78 is 18.6. The van der Waals surface area contributed by atoms with E-state index in [1.807, 2.05) is 0 Å². The van der Waals surface area contributed by atoms with Crippen LogP contribution in [-0.2, 0) is 16.0 Å². The number of benzene rings is 1. The van der Waals surface area contributed by atoms with Crippen molar-refractivity contribution in [1.29, 1.82) is 0 Å². The van der Waals surface area contributed by atoms with Crippen LogP contribution < -0.4 is 5.32 Å². The number of aryl methyl sites for hydroxylation is 2.